The van der Waals surface area contributed by atoms with Gasteiger partial charge in [-0.15, -0.1) is 0 Å². The van der Waals surface area contributed by atoms with Crippen LogP contribution in [0.1, 0.15) is 39.9 Å². The van der Waals surface area contributed by atoms with Gasteiger partial charge in [-0.25, -0.2) is 4.79 Å². The van der Waals surface area contributed by atoms with E-state index in [9.17, 15) is 22.8 Å². The van der Waals surface area contributed by atoms with Gasteiger partial charge in [-0.3, -0.25) is 14.1 Å². The van der Waals surface area contributed by atoms with E-state index in [2.05, 4.69) is 13.9 Å². The predicted octanol–water partition coefficient (Wildman–Crippen LogP) is -1.49. The number of carbonyl (C=O) groups excluding carboxylic acids is 3. The molecule has 8 nitrogen and oxygen atoms in total. The number of carbonyl (C=O) groups is 3. The molecule has 0 aliphatic heterocycles. The van der Waals surface area contributed by atoms with E-state index >= 15 is 0 Å². The lowest BCUT2D eigenvalue weighted by atomic mass is 9.78. The maximum atomic E-state index is 13.4. The Balaban J connectivity index is 1.57. The minimum Gasteiger partial charge on any atom is -0.464 e. The van der Waals surface area contributed by atoms with Crippen LogP contribution in [-0.4, -0.2) is 72.7 Å². The van der Waals surface area contributed by atoms with Crippen LogP contribution in [0.2, 0.25) is 0 Å². The van der Waals surface area contributed by atoms with E-state index in [4.69, 9.17) is 14.0 Å². The molecule has 6 atom stereocenters. The molecule has 1 aromatic rings. The predicted molar refractivity (Wildman–Crippen MR) is 131 cm³/mol. The van der Waals surface area contributed by atoms with Gasteiger partial charge in [-0.1, -0.05) is 36.2 Å². The molecule has 6 unspecified atom stereocenters. The minimum absolute atomic E-state index is 0.0100. The Hall–Kier alpha value is -2.07. The highest BCUT2D eigenvalue weighted by molar-refractivity contribution is 7.85. The molecular formula is C22H29B3O8S. The second-order valence-corrected chi connectivity index (χ2v) is 11.2. The van der Waals surface area contributed by atoms with E-state index in [0.29, 0.717) is 18.3 Å². The quantitative estimate of drug-likeness (QED) is 0.255. The second-order valence-electron chi connectivity index (χ2n) is 9.61. The van der Waals surface area contributed by atoms with Crippen molar-refractivity contribution in [2.45, 2.75) is 37.9 Å². The maximum absolute atomic E-state index is 13.4. The molecule has 3 aliphatic carbocycles. The average Bonchev–Trinajstić information content (AvgIpc) is 3.39. The van der Waals surface area contributed by atoms with Gasteiger partial charge < -0.3 is 9.47 Å². The first-order chi connectivity index (χ1) is 16.1. The molecule has 1 N–H and O–H groups in total. The van der Waals surface area contributed by atoms with Crippen molar-refractivity contribution in [3.05, 3.63) is 34.4 Å². The highest BCUT2D eigenvalue weighted by Crippen LogP contribution is 2.62. The third kappa shape index (κ3) is 4.46. The third-order valence-electron chi connectivity index (χ3n) is 7.93. The largest absolute Gasteiger partial charge is 0.464 e. The summed E-state index contributed by atoms with van der Waals surface area (Å²) in [5.74, 6) is -3.28. The number of ether oxygens (including phenoxy) is 2. The van der Waals surface area contributed by atoms with E-state index in [1.807, 2.05) is 21.8 Å². The van der Waals surface area contributed by atoms with Crippen molar-refractivity contribution in [1.82, 2.24) is 0 Å². The molecule has 0 spiro atoms. The van der Waals surface area contributed by atoms with E-state index < -0.39 is 52.4 Å². The van der Waals surface area contributed by atoms with E-state index in [1.54, 1.807) is 0 Å². The first kappa shape index (κ1) is 25.0. The number of fused-ring (bicyclic) bond motifs is 1. The normalized spacial score (nSPS) is 29.4. The van der Waals surface area contributed by atoms with Crippen molar-refractivity contribution in [2.75, 3.05) is 12.4 Å². The summed E-state index contributed by atoms with van der Waals surface area (Å²) < 4.78 is 41.9. The number of esters is 2. The van der Waals surface area contributed by atoms with Gasteiger partial charge in [0.1, 0.15) is 47.8 Å². The molecule has 0 radical (unpaired) electrons. The Bertz CT molecular complexity index is 1120. The molecule has 0 heterocycles. The second kappa shape index (κ2) is 9.53. The van der Waals surface area contributed by atoms with Crippen LogP contribution in [0.3, 0.4) is 0 Å². The fourth-order valence-electron chi connectivity index (χ4n) is 6.51. The summed E-state index contributed by atoms with van der Waals surface area (Å²) in [6, 6.07) is 3.99. The molecule has 1 aromatic carbocycles. The third-order valence-corrected chi connectivity index (χ3v) is 8.61. The highest BCUT2D eigenvalue weighted by atomic mass is 32.2. The number of rotatable bonds is 9. The summed E-state index contributed by atoms with van der Waals surface area (Å²) in [7, 11) is 1.83. The van der Waals surface area contributed by atoms with Gasteiger partial charge in [-0.05, 0) is 29.9 Å². The molecule has 0 amide bonds. The standard InChI is InChI=1S/C22H29B3O8S/c23-7-10-3-11(8-24)16(9-25)14(4-10)21(27)33-20-15-5-12-13(6-17(26)19(12)20)18(15)22(28)32-1-2-34(29,30)31/h3-4,12-13,15,18-20H,1-2,5-9,23-25H2,(H,29,30,31). The van der Waals surface area contributed by atoms with Crippen molar-refractivity contribution in [3.63, 3.8) is 0 Å². The molecule has 34 heavy (non-hydrogen) atoms. The fourth-order valence-corrected chi connectivity index (χ4v) is 6.80. The zero-order valence-electron chi connectivity index (χ0n) is 19.8. The van der Waals surface area contributed by atoms with Crippen molar-refractivity contribution in [2.24, 2.45) is 29.6 Å². The van der Waals surface area contributed by atoms with Crippen molar-refractivity contribution in [3.8, 4) is 0 Å². The van der Waals surface area contributed by atoms with Crippen molar-refractivity contribution >= 4 is 51.4 Å². The summed E-state index contributed by atoms with van der Waals surface area (Å²) in [6.07, 6.45) is 2.41. The molecule has 180 valence electrons. The Morgan fingerprint density at radius 1 is 1.06 bits per heavy atom. The van der Waals surface area contributed by atoms with Crippen molar-refractivity contribution in [1.29, 1.82) is 0 Å². The van der Waals surface area contributed by atoms with Gasteiger partial charge in [-0.2, -0.15) is 8.42 Å². The van der Waals surface area contributed by atoms with Crippen LogP contribution in [0.4, 0.5) is 0 Å². The van der Waals surface area contributed by atoms with Gasteiger partial charge in [0, 0.05) is 12.3 Å². The minimum atomic E-state index is -4.25. The van der Waals surface area contributed by atoms with E-state index in [0.717, 1.165) is 29.3 Å². The number of benzene rings is 1. The van der Waals surface area contributed by atoms with E-state index in [1.165, 1.54) is 0 Å². The van der Waals surface area contributed by atoms with Crippen LogP contribution < -0.4 is 0 Å². The highest BCUT2D eigenvalue weighted by Gasteiger charge is 2.67. The lowest BCUT2D eigenvalue weighted by molar-refractivity contribution is -0.154. The van der Waals surface area contributed by atoms with Crippen LogP contribution in [0, 0.1) is 29.6 Å². The van der Waals surface area contributed by atoms with Crippen LogP contribution in [0.15, 0.2) is 12.1 Å². The molecular weight excluding hydrogens is 457 g/mol. The Labute approximate surface area is 202 Å². The van der Waals surface area contributed by atoms with Crippen LogP contribution in [0.5, 0.6) is 0 Å². The Kier molecular flexibility index (Phi) is 7.02. The SMILES string of the molecule is BCc1cc(CB)c(CB)c(C(=O)OC2C3CC4C(CC(=O)C42)C3C(=O)OCCS(=O)(=O)O)c1. The number of Topliss-reactive ketones (excluding diaryl/α,β-unsaturated/α-hetero) is 1. The molecule has 12 heteroatoms. The van der Waals surface area contributed by atoms with Crippen molar-refractivity contribution < 1.29 is 36.8 Å². The number of hydrogen-bond acceptors (Lipinski definition) is 7. The smallest absolute Gasteiger partial charge is 0.338 e. The zero-order chi connectivity index (χ0) is 24.8. The maximum Gasteiger partial charge on any atom is 0.338 e. The Morgan fingerprint density at radius 2 is 1.79 bits per heavy atom. The first-order valence-electron chi connectivity index (χ1n) is 12.1. The van der Waals surface area contributed by atoms with Gasteiger partial charge in [0.05, 0.1) is 17.4 Å². The van der Waals surface area contributed by atoms with Crippen LogP contribution in [-0.2, 0) is 48.1 Å². The average molecular weight is 486 g/mol. The zero-order valence-corrected chi connectivity index (χ0v) is 20.6. The number of hydrogen-bond donors (Lipinski definition) is 1. The lowest BCUT2D eigenvalue weighted by Gasteiger charge is -2.32. The summed E-state index contributed by atoms with van der Waals surface area (Å²) in [5.41, 5.74) is 3.63. The van der Waals surface area contributed by atoms with Gasteiger partial charge in [0.15, 0.2) is 0 Å². The topological polar surface area (TPSA) is 124 Å². The lowest BCUT2D eigenvalue weighted by Crippen LogP contribution is -2.42. The molecule has 3 fully saturated rings. The van der Waals surface area contributed by atoms with Crippen LogP contribution in [0.25, 0.3) is 0 Å². The summed E-state index contributed by atoms with van der Waals surface area (Å²) >= 11 is 0. The van der Waals surface area contributed by atoms with Gasteiger partial charge in [0.25, 0.3) is 10.1 Å². The summed E-state index contributed by atoms with van der Waals surface area (Å²) in [4.78, 5) is 39.0. The monoisotopic (exact) mass is 486 g/mol. The Morgan fingerprint density at radius 3 is 2.41 bits per heavy atom. The van der Waals surface area contributed by atoms with E-state index in [-0.39, 0.29) is 30.0 Å². The number of ketones is 1. The molecule has 4 rings (SSSR count). The van der Waals surface area contributed by atoms with Gasteiger partial charge in [0.2, 0.25) is 0 Å². The molecule has 0 saturated heterocycles. The van der Waals surface area contributed by atoms with Crippen LogP contribution >= 0.6 is 0 Å². The summed E-state index contributed by atoms with van der Waals surface area (Å²) in [6.45, 7) is -0.455. The first-order valence-corrected chi connectivity index (χ1v) is 13.7. The summed E-state index contributed by atoms with van der Waals surface area (Å²) in [5, 5.41) is 0. The molecule has 2 bridgehead atoms. The molecule has 3 saturated carbocycles. The van der Waals surface area contributed by atoms with Gasteiger partial charge >= 0.3 is 11.9 Å². The fraction of sp³-hybridized carbons (Fsp3) is 0.591. The molecule has 3 aliphatic rings. The molecule has 0 aromatic heterocycles.